The number of halogens is 1. The second-order valence-electron chi connectivity index (χ2n) is 3.54. The highest BCUT2D eigenvalue weighted by Gasteiger charge is 2.08. The molecule has 0 aliphatic carbocycles. The summed E-state index contributed by atoms with van der Waals surface area (Å²) in [5, 5.41) is 7.90. The minimum Gasteiger partial charge on any atom is -0.382 e. The Kier molecular flexibility index (Phi) is 3.10. The minimum absolute atomic E-state index is 0.494. The van der Waals surface area contributed by atoms with Crippen LogP contribution in [0.15, 0.2) is 30.7 Å². The van der Waals surface area contributed by atoms with Crippen LogP contribution in [0.2, 0.25) is 5.15 Å². The Morgan fingerprint density at radius 2 is 2.38 bits per heavy atom. The van der Waals surface area contributed by atoms with Crippen LogP contribution in [0.4, 0.5) is 5.69 Å². The molecule has 5 heteroatoms. The van der Waals surface area contributed by atoms with E-state index in [0.717, 1.165) is 17.9 Å². The molecule has 4 nitrogen and oxygen atoms in total. The van der Waals surface area contributed by atoms with Gasteiger partial charge in [0.05, 0.1) is 11.9 Å². The van der Waals surface area contributed by atoms with Crippen molar-refractivity contribution in [2.24, 2.45) is 7.05 Å². The number of nitrogens with zero attached hydrogens (tertiary/aromatic N) is 3. The molecule has 16 heavy (non-hydrogen) atoms. The fourth-order valence-corrected chi connectivity index (χ4v) is 1.70. The number of hydrogen-bond donors (Lipinski definition) is 1. The molecule has 84 valence electrons. The second kappa shape index (κ2) is 4.53. The van der Waals surface area contributed by atoms with Crippen molar-refractivity contribution in [2.45, 2.75) is 6.92 Å². The zero-order valence-corrected chi connectivity index (χ0v) is 10.1. The molecule has 0 fully saturated rings. The van der Waals surface area contributed by atoms with Gasteiger partial charge in [0.2, 0.25) is 0 Å². The van der Waals surface area contributed by atoms with E-state index < -0.39 is 0 Å². The van der Waals surface area contributed by atoms with Crippen LogP contribution in [0.25, 0.3) is 5.69 Å². The van der Waals surface area contributed by atoms with Crippen LogP contribution in [-0.2, 0) is 7.05 Å². The summed E-state index contributed by atoms with van der Waals surface area (Å²) in [7, 11) is 1.97. The zero-order valence-electron chi connectivity index (χ0n) is 9.31. The largest absolute Gasteiger partial charge is 0.382 e. The molecule has 2 aromatic heterocycles. The number of anilines is 1. The van der Waals surface area contributed by atoms with Gasteiger partial charge in [-0.15, -0.1) is 0 Å². The molecule has 0 saturated heterocycles. The number of hydrogen-bond acceptors (Lipinski definition) is 2. The van der Waals surface area contributed by atoms with Crippen LogP contribution in [0.5, 0.6) is 0 Å². The highest BCUT2D eigenvalue weighted by Crippen LogP contribution is 2.20. The molecule has 2 rings (SSSR count). The van der Waals surface area contributed by atoms with Gasteiger partial charge in [0.1, 0.15) is 12.7 Å². The highest BCUT2D eigenvalue weighted by molar-refractivity contribution is 6.32. The summed E-state index contributed by atoms with van der Waals surface area (Å²) in [4.78, 5) is 0. The molecule has 0 aliphatic rings. The van der Waals surface area contributed by atoms with Crippen molar-refractivity contribution in [3.05, 3.63) is 35.9 Å². The van der Waals surface area contributed by atoms with E-state index in [1.165, 1.54) is 0 Å². The summed E-state index contributed by atoms with van der Waals surface area (Å²) in [6.07, 6.45) is 5.85. The van der Waals surface area contributed by atoms with Crippen LogP contribution < -0.4 is 9.88 Å². The summed E-state index contributed by atoms with van der Waals surface area (Å²) in [6.45, 7) is 2.85. The highest BCUT2D eigenvalue weighted by atomic mass is 35.5. The number of aryl methyl sites for hydroxylation is 1. The van der Waals surface area contributed by atoms with Gasteiger partial charge in [-0.05, 0) is 13.0 Å². The number of nitrogens with one attached hydrogen (secondary N) is 1. The zero-order chi connectivity index (χ0) is 11.5. The maximum Gasteiger partial charge on any atom is 0.194 e. The van der Waals surface area contributed by atoms with Gasteiger partial charge in [0, 0.05) is 12.6 Å². The fourth-order valence-electron chi connectivity index (χ4n) is 1.50. The Balaban J connectivity index is 2.37. The Morgan fingerprint density at radius 3 is 3.06 bits per heavy atom. The van der Waals surface area contributed by atoms with Crippen LogP contribution in [0, 0.1) is 0 Å². The van der Waals surface area contributed by atoms with Gasteiger partial charge < -0.3 is 5.32 Å². The summed E-state index contributed by atoms with van der Waals surface area (Å²) >= 11 is 6.01. The van der Waals surface area contributed by atoms with E-state index in [1.807, 2.05) is 49.3 Å². The van der Waals surface area contributed by atoms with Crippen molar-refractivity contribution in [2.75, 3.05) is 11.9 Å². The van der Waals surface area contributed by atoms with Crippen molar-refractivity contribution in [1.82, 2.24) is 9.78 Å². The van der Waals surface area contributed by atoms with Gasteiger partial charge in [-0.25, -0.2) is 9.25 Å². The third kappa shape index (κ3) is 2.17. The first-order chi connectivity index (χ1) is 7.70. The summed E-state index contributed by atoms with van der Waals surface area (Å²) in [6, 6.07) is 3.96. The molecule has 2 aromatic rings. The first-order valence-corrected chi connectivity index (χ1v) is 5.53. The quantitative estimate of drug-likeness (QED) is 0.826. The lowest BCUT2D eigenvalue weighted by atomic mass is 10.4. The standard InChI is InChI=1S/C11H14ClN4/c1-3-13-10-8-16(14-11(10)12)9-5-4-6-15(2)7-9/h4-8,13H,3H2,1-2H3/q+1. The van der Waals surface area contributed by atoms with Crippen molar-refractivity contribution in [1.29, 1.82) is 0 Å². The third-order valence-corrected chi connectivity index (χ3v) is 2.50. The summed E-state index contributed by atoms with van der Waals surface area (Å²) < 4.78 is 3.73. The van der Waals surface area contributed by atoms with E-state index in [4.69, 9.17) is 11.6 Å². The Hall–Kier alpha value is -1.55. The summed E-state index contributed by atoms with van der Waals surface area (Å²) in [5.41, 5.74) is 1.84. The predicted octanol–water partition coefficient (Wildman–Crippen LogP) is 1.78. The Bertz CT molecular complexity index is 492. The number of pyridine rings is 1. The van der Waals surface area contributed by atoms with E-state index in [-0.39, 0.29) is 0 Å². The topological polar surface area (TPSA) is 33.7 Å². The molecule has 0 aliphatic heterocycles. The van der Waals surface area contributed by atoms with Crippen LogP contribution >= 0.6 is 11.6 Å². The monoisotopic (exact) mass is 237 g/mol. The molecular weight excluding hydrogens is 224 g/mol. The van der Waals surface area contributed by atoms with Gasteiger partial charge in [0.25, 0.3) is 0 Å². The summed E-state index contributed by atoms with van der Waals surface area (Å²) in [5.74, 6) is 0. The van der Waals surface area contributed by atoms with E-state index in [2.05, 4.69) is 10.4 Å². The third-order valence-electron chi connectivity index (χ3n) is 2.23. The first-order valence-electron chi connectivity index (χ1n) is 5.15. The smallest absolute Gasteiger partial charge is 0.194 e. The van der Waals surface area contributed by atoms with E-state index >= 15 is 0 Å². The average Bonchev–Trinajstić information content (AvgIpc) is 2.61. The van der Waals surface area contributed by atoms with Crippen LogP contribution in [-0.4, -0.2) is 16.3 Å². The molecule has 0 saturated carbocycles. The molecule has 0 bridgehead atoms. The van der Waals surface area contributed by atoms with Crippen LogP contribution in [0.3, 0.4) is 0 Å². The predicted molar refractivity (Wildman–Crippen MR) is 63.9 cm³/mol. The van der Waals surface area contributed by atoms with E-state index in [1.54, 1.807) is 4.68 Å². The SMILES string of the molecule is CCNc1cn(-c2ccc[n+](C)c2)nc1Cl. The van der Waals surface area contributed by atoms with Crippen LogP contribution in [0.1, 0.15) is 6.92 Å². The molecule has 0 radical (unpaired) electrons. The van der Waals surface area contributed by atoms with Gasteiger partial charge in [-0.3, -0.25) is 0 Å². The number of aromatic nitrogens is 3. The van der Waals surface area contributed by atoms with Gasteiger partial charge in [0.15, 0.2) is 17.5 Å². The van der Waals surface area contributed by atoms with E-state index in [0.29, 0.717) is 5.15 Å². The lowest BCUT2D eigenvalue weighted by Crippen LogP contribution is -2.27. The van der Waals surface area contributed by atoms with Gasteiger partial charge in [-0.2, -0.15) is 5.10 Å². The molecule has 0 amide bonds. The van der Waals surface area contributed by atoms with Gasteiger partial charge in [-0.1, -0.05) is 11.6 Å². The molecule has 0 spiro atoms. The molecule has 1 N–H and O–H groups in total. The van der Waals surface area contributed by atoms with E-state index in [9.17, 15) is 0 Å². The Morgan fingerprint density at radius 1 is 1.56 bits per heavy atom. The van der Waals surface area contributed by atoms with Crippen molar-refractivity contribution >= 4 is 17.3 Å². The molecule has 0 unspecified atom stereocenters. The number of rotatable bonds is 3. The van der Waals surface area contributed by atoms with Crippen molar-refractivity contribution in [3.63, 3.8) is 0 Å². The molecule has 2 heterocycles. The molecular formula is C11H14ClN4+. The lowest BCUT2D eigenvalue weighted by molar-refractivity contribution is -0.671. The van der Waals surface area contributed by atoms with Crippen molar-refractivity contribution < 1.29 is 4.57 Å². The average molecular weight is 238 g/mol. The normalized spacial score (nSPS) is 10.4. The maximum atomic E-state index is 6.01. The fraction of sp³-hybridized carbons (Fsp3) is 0.273. The minimum atomic E-state index is 0.494. The molecule has 0 atom stereocenters. The van der Waals surface area contributed by atoms with Crippen molar-refractivity contribution in [3.8, 4) is 5.69 Å². The molecule has 0 aromatic carbocycles. The lowest BCUT2D eigenvalue weighted by Gasteiger charge is -1.98. The maximum absolute atomic E-state index is 6.01. The van der Waals surface area contributed by atoms with Gasteiger partial charge >= 0.3 is 0 Å². The first kappa shape index (κ1) is 11.0. The second-order valence-corrected chi connectivity index (χ2v) is 3.89. The Labute approximate surface area is 99.5 Å².